The van der Waals surface area contributed by atoms with Crippen LogP contribution in [0.25, 0.3) is 21.9 Å². The quantitative estimate of drug-likeness (QED) is 0.444. The van der Waals surface area contributed by atoms with Crippen LogP contribution < -0.4 is 0 Å². The van der Waals surface area contributed by atoms with Crippen molar-refractivity contribution in [1.82, 2.24) is 23.7 Å². The van der Waals surface area contributed by atoms with Crippen LogP contribution in [0.5, 0.6) is 0 Å². The van der Waals surface area contributed by atoms with Gasteiger partial charge >= 0.3 is 0 Å². The molecule has 1 aliphatic rings. The van der Waals surface area contributed by atoms with Gasteiger partial charge in [0.2, 0.25) is 15.9 Å². The molecule has 35 heavy (non-hydrogen) atoms. The number of sulfonamides is 1. The third-order valence-corrected chi connectivity index (χ3v) is 8.94. The van der Waals surface area contributed by atoms with Crippen LogP contribution in [0.1, 0.15) is 36.7 Å². The number of hydrogen-bond acceptors (Lipinski definition) is 4. The molecule has 1 aliphatic heterocycles. The predicted molar refractivity (Wildman–Crippen MR) is 137 cm³/mol. The van der Waals surface area contributed by atoms with Crippen molar-refractivity contribution in [2.75, 3.05) is 27.2 Å². The van der Waals surface area contributed by atoms with E-state index in [1.165, 1.54) is 29.5 Å². The molecule has 0 aliphatic carbocycles. The first-order valence-corrected chi connectivity index (χ1v) is 13.4. The van der Waals surface area contributed by atoms with Gasteiger partial charge in [-0.05, 0) is 48.6 Å². The molecule has 1 N–H and O–H groups in total. The molecule has 0 saturated carbocycles. The molecule has 9 heteroatoms. The van der Waals surface area contributed by atoms with E-state index in [-0.39, 0.29) is 10.8 Å². The largest absolute Gasteiger partial charge is 0.358 e. The van der Waals surface area contributed by atoms with Crippen LogP contribution in [0, 0.1) is 0 Å². The first kappa shape index (κ1) is 23.6. The molecule has 1 amide bonds. The zero-order chi connectivity index (χ0) is 24.7. The maximum Gasteiger partial charge on any atom is 0.242 e. The lowest BCUT2D eigenvalue weighted by Crippen LogP contribution is -2.38. The lowest BCUT2D eigenvalue weighted by Gasteiger charge is -2.31. The van der Waals surface area contributed by atoms with Gasteiger partial charge in [0.05, 0.1) is 15.9 Å². The van der Waals surface area contributed by atoms with Gasteiger partial charge in [0.1, 0.15) is 5.82 Å². The number of aromatic nitrogens is 3. The highest BCUT2D eigenvalue weighted by atomic mass is 32.2. The van der Waals surface area contributed by atoms with Crippen molar-refractivity contribution in [3.63, 3.8) is 0 Å². The van der Waals surface area contributed by atoms with Crippen LogP contribution in [0.15, 0.2) is 53.4 Å². The van der Waals surface area contributed by atoms with Gasteiger partial charge in [-0.3, -0.25) is 4.79 Å². The molecule has 1 fully saturated rings. The van der Waals surface area contributed by atoms with Gasteiger partial charge in [-0.25, -0.2) is 17.7 Å². The number of rotatable bonds is 6. The first-order valence-electron chi connectivity index (χ1n) is 12.0. The van der Waals surface area contributed by atoms with Gasteiger partial charge in [0.25, 0.3) is 0 Å². The number of imidazole rings is 1. The maximum atomic E-state index is 12.9. The normalized spacial score (nSPS) is 15.5. The van der Waals surface area contributed by atoms with Gasteiger partial charge in [0, 0.05) is 64.2 Å². The summed E-state index contributed by atoms with van der Waals surface area (Å²) in [5, 5.41) is 1.23. The first-order chi connectivity index (χ1) is 16.7. The number of carbonyl (C=O) groups is 1. The summed E-state index contributed by atoms with van der Waals surface area (Å²) in [6.07, 6.45) is 2.81. The molecular formula is C26H31N5O3S. The summed E-state index contributed by atoms with van der Waals surface area (Å²) in [6, 6.07) is 15.5. The summed E-state index contributed by atoms with van der Waals surface area (Å²) >= 11 is 0. The molecule has 1 saturated heterocycles. The minimum atomic E-state index is -3.52. The molecule has 0 unspecified atom stereocenters. The monoisotopic (exact) mass is 493 g/mol. The molecule has 0 bridgehead atoms. The average molecular weight is 494 g/mol. The Morgan fingerprint density at radius 3 is 2.57 bits per heavy atom. The lowest BCUT2D eigenvalue weighted by atomic mass is 9.93. The topological polar surface area (TPSA) is 91.3 Å². The van der Waals surface area contributed by atoms with Crippen molar-refractivity contribution in [2.24, 2.45) is 7.05 Å². The van der Waals surface area contributed by atoms with Crippen LogP contribution in [-0.4, -0.2) is 65.3 Å². The Balaban J connectivity index is 1.21. The van der Waals surface area contributed by atoms with E-state index >= 15 is 0 Å². The van der Waals surface area contributed by atoms with E-state index in [0.717, 1.165) is 42.8 Å². The third kappa shape index (κ3) is 4.46. The number of fused-ring (bicyclic) bond motifs is 2. The van der Waals surface area contributed by atoms with E-state index < -0.39 is 10.0 Å². The van der Waals surface area contributed by atoms with Crippen LogP contribution in [0.4, 0.5) is 0 Å². The lowest BCUT2D eigenvalue weighted by molar-refractivity contribution is -0.132. The number of H-pyrrole nitrogens is 1. The number of amides is 1. The van der Waals surface area contributed by atoms with Gasteiger partial charge < -0.3 is 14.5 Å². The molecule has 0 radical (unpaired) electrons. The summed E-state index contributed by atoms with van der Waals surface area (Å²) in [5.41, 5.74) is 3.89. The number of aromatic amines is 1. The van der Waals surface area contributed by atoms with Gasteiger partial charge in [-0.1, -0.05) is 18.2 Å². The molecule has 0 spiro atoms. The SMILES string of the molecule is CN(C)S(=O)(=O)c1ccc2c(c1)nc(CCC(=O)N1CCC(c3cc4ccccc4[nH]3)CC1)n2C. The minimum Gasteiger partial charge on any atom is -0.358 e. The average Bonchev–Trinajstić information content (AvgIpc) is 3.43. The van der Waals surface area contributed by atoms with E-state index in [4.69, 9.17) is 0 Å². The summed E-state index contributed by atoms with van der Waals surface area (Å²) in [5.74, 6) is 1.36. The number of aryl methyl sites for hydroxylation is 2. The molecule has 184 valence electrons. The van der Waals surface area contributed by atoms with Crippen LogP contribution in [-0.2, 0) is 28.3 Å². The molecule has 2 aromatic heterocycles. The minimum absolute atomic E-state index is 0.142. The Labute approximate surface area is 205 Å². The second-order valence-electron chi connectivity index (χ2n) is 9.49. The Morgan fingerprint density at radius 1 is 1.11 bits per heavy atom. The van der Waals surface area contributed by atoms with E-state index in [1.54, 1.807) is 18.2 Å². The molecule has 3 heterocycles. The fourth-order valence-electron chi connectivity index (χ4n) is 4.96. The third-order valence-electron chi connectivity index (χ3n) is 7.12. The van der Waals surface area contributed by atoms with Crippen molar-refractivity contribution >= 4 is 37.9 Å². The maximum absolute atomic E-state index is 12.9. The number of nitrogens with zero attached hydrogens (tertiary/aromatic N) is 4. The molecule has 0 atom stereocenters. The summed E-state index contributed by atoms with van der Waals surface area (Å²) < 4.78 is 28.0. The number of benzene rings is 2. The van der Waals surface area contributed by atoms with E-state index in [2.05, 4.69) is 34.2 Å². The molecule has 8 nitrogen and oxygen atoms in total. The van der Waals surface area contributed by atoms with Gasteiger partial charge in [-0.15, -0.1) is 0 Å². The predicted octanol–water partition coefficient (Wildman–Crippen LogP) is 3.64. The number of hydrogen-bond donors (Lipinski definition) is 1. The Bertz CT molecular complexity index is 1460. The van der Waals surface area contributed by atoms with Crippen molar-refractivity contribution in [3.8, 4) is 0 Å². The highest BCUT2D eigenvalue weighted by Crippen LogP contribution is 2.30. The fraction of sp³-hybridized carbons (Fsp3) is 0.385. The second-order valence-corrected chi connectivity index (χ2v) is 11.6. The number of carbonyl (C=O) groups excluding carboxylic acids is 1. The van der Waals surface area contributed by atoms with Crippen molar-refractivity contribution in [2.45, 2.75) is 36.5 Å². The standard InChI is InChI=1S/C26H31N5O3S/c1-29(2)35(33,34)20-8-9-24-23(17-20)28-25(30(24)3)10-11-26(32)31-14-12-18(13-15-31)22-16-19-6-4-5-7-21(19)27-22/h4-9,16-18,27H,10-15H2,1-3H3. The summed E-state index contributed by atoms with van der Waals surface area (Å²) in [6.45, 7) is 1.51. The zero-order valence-electron chi connectivity index (χ0n) is 20.4. The van der Waals surface area contributed by atoms with Crippen LogP contribution in [0.2, 0.25) is 0 Å². The Kier molecular flexibility index (Phi) is 6.14. The van der Waals surface area contributed by atoms with Crippen molar-refractivity contribution in [3.05, 3.63) is 60.0 Å². The van der Waals surface area contributed by atoms with E-state index in [1.807, 2.05) is 22.6 Å². The number of likely N-dealkylation sites (tertiary alicyclic amines) is 1. The Hall–Kier alpha value is -3.17. The zero-order valence-corrected chi connectivity index (χ0v) is 21.2. The van der Waals surface area contributed by atoms with E-state index in [9.17, 15) is 13.2 Å². The summed E-state index contributed by atoms with van der Waals surface area (Å²) in [4.78, 5) is 23.3. The number of nitrogens with one attached hydrogen (secondary N) is 1. The Morgan fingerprint density at radius 2 is 1.86 bits per heavy atom. The van der Waals surface area contributed by atoms with Crippen LogP contribution in [0.3, 0.4) is 0 Å². The molecular weight excluding hydrogens is 462 g/mol. The van der Waals surface area contributed by atoms with Crippen molar-refractivity contribution < 1.29 is 13.2 Å². The van der Waals surface area contributed by atoms with Gasteiger partial charge in [-0.2, -0.15) is 0 Å². The second kappa shape index (κ2) is 9.13. The molecule has 5 rings (SSSR count). The fourth-order valence-corrected chi connectivity index (χ4v) is 5.88. The highest BCUT2D eigenvalue weighted by molar-refractivity contribution is 7.89. The van der Waals surface area contributed by atoms with E-state index in [0.29, 0.717) is 24.3 Å². The smallest absolute Gasteiger partial charge is 0.242 e. The summed E-state index contributed by atoms with van der Waals surface area (Å²) in [7, 11) is 1.40. The number of piperidine rings is 1. The highest BCUT2D eigenvalue weighted by Gasteiger charge is 2.25. The molecule has 2 aromatic carbocycles. The molecule has 4 aromatic rings. The number of para-hydroxylation sites is 1. The van der Waals surface area contributed by atoms with Crippen molar-refractivity contribution in [1.29, 1.82) is 0 Å². The van der Waals surface area contributed by atoms with Crippen LogP contribution >= 0.6 is 0 Å². The van der Waals surface area contributed by atoms with Gasteiger partial charge in [0.15, 0.2) is 0 Å².